The molecule has 1 N–H and O–H groups in total. The zero-order valence-corrected chi connectivity index (χ0v) is 11.3. The second-order valence-corrected chi connectivity index (χ2v) is 5.40. The number of thiazole rings is 1. The van der Waals surface area contributed by atoms with Gasteiger partial charge in [-0.3, -0.25) is 4.98 Å². The number of nitrogens with zero attached hydrogens (tertiary/aromatic N) is 2. The number of aromatic nitrogens is 2. The highest BCUT2D eigenvalue weighted by molar-refractivity contribution is 7.11. The summed E-state index contributed by atoms with van der Waals surface area (Å²) in [5.74, 6) is 0. The first-order chi connectivity index (χ1) is 8.15. The molecule has 2 aromatic rings. The van der Waals surface area contributed by atoms with Crippen molar-refractivity contribution in [1.82, 2.24) is 15.3 Å². The van der Waals surface area contributed by atoms with E-state index < -0.39 is 0 Å². The highest BCUT2D eigenvalue weighted by Gasteiger charge is 2.04. The van der Waals surface area contributed by atoms with Crippen LogP contribution in [0.4, 0.5) is 0 Å². The Morgan fingerprint density at radius 3 is 2.59 bits per heavy atom. The quantitative estimate of drug-likeness (QED) is 0.902. The van der Waals surface area contributed by atoms with E-state index in [1.54, 1.807) is 11.3 Å². The van der Waals surface area contributed by atoms with Crippen molar-refractivity contribution in [1.29, 1.82) is 0 Å². The molecule has 0 saturated carbocycles. The summed E-state index contributed by atoms with van der Waals surface area (Å²) in [5, 5.41) is 4.54. The number of pyridine rings is 1. The second-order valence-electron chi connectivity index (χ2n) is 4.12. The average molecular weight is 247 g/mol. The van der Waals surface area contributed by atoms with Gasteiger partial charge in [-0.2, -0.15) is 0 Å². The van der Waals surface area contributed by atoms with Gasteiger partial charge in [-0.25, -0.2) is 4.98 Å². The SMILES string of the molecule is Cc1cccc(CNCc2sc(C)nc2C)n1. The summed E-state index contributed by atoms with van der Waals surface area (Å²) in [6, 6.07) is 6.10. The monoisotopic (exact) mass is 247 g/mol. The van der Waals surface area contributed by atoms with Crippen LogP contribution in [0.1, 0.15) is 27.0 Å². The van der Waals surface area contributed by atoms with Gasteiger partial charge in [0.25, 0.3) is 0 Å². The molecule has 0 bridgehead atoms. The zero-order valence-electron chi connectivity index (χ0n) is 10.4. The van der Waals surface area contributed by atoms with E-state index in [-0.39, 0.29) is 0 Å². The molecule has 17 heavy (non-hydrogen) atoms. The number of aryl methyl sites for hydroxylation is 3. The Kier molecular flexibility index (Phi) is 3.86. The molecule has 4 heteroatoms. The maximum absolute atomic E-state index is 4.46. The van der Waals surface area contributed by atoms with E-state index in [0.29, 0.717) is 0 Å². The van der Waals surface area contributed by atoms with Crippen molar-refractivity contribution in [3.05, 3.63) is 45.2 Å². The van der Waals surface area contributed by atoms with Gasteiger partial charge in [0, 0.05) is 23.7 Å². The molecule has 0 radical (unpaired) electrons. The summed E-state index contributed by atoms with van der Waals surface area (Å²) in [5.41, 5.74) is 3.29. The van der Waals surface area contributed by atoms with Crippen LogP contribution in [0.2, 0.25) is 0 Å². The van der Waals surface area contributed by atoms with E-state index in [1.165, 1.54) is 4.88 Å². The smallest absolute Gasteiger partial charge is 0.0900 e. The van der Waals surface area contributed by atoms with Gasteiger partial charge in [0.2, 0.25) is 0 Å². The molecule has 0 atom stereocenters. The maximum atomic E-state index is 4.46. The molecular weight excluding hydrogens is 230 g/mol. The molecule has 0 saturated heterocycles. The van der Waals surface area contributed by atoms with Crippen LogP contribution in [0.15, 0.2) is 18.2 Å². The summed E-state index contributed by atoms with van der Waals surface area (Å²) in [7, 11) is 0. The molecule has 0 aliphatic carbocycles. The van der Waals surface area contributed by atoms with Crippen LogP contribution in [0.25, 0.3) is 0 Å². The molecule has 0 aliphatic rings. The minimum Gasteiger partial charge on any atom is -0.306 e. The number of hydrogen-bond donors (Lipinski definition) is 1. The van der Waals surface area contributed by atoms with Crippen molar-refractivity contribution >= 4 is 11.3 Å². The minimum absolute atomic E-state index is 0.804. The van der Waals surface area contributed by atoms with Crippen LogP contribution >= 0.6 is 11.3 Å². The van der Waals surface area contributed by atoms with Crippen LogP contribution in [0, 0.1) is 20.8 Å². The van der Waals surface area contributed by atoms with Crippen molar-refractivity contribution in [2.75, 3.05) is 0 Å². The van der Waals surface area contributed by atoms with E-state index in [0.717, 1.165) is 35.2 Å². The van der Waals surface area contributed by atoms with Gasteiger partial charge in [-0.1, -0.05) is 6.07 Å². The summed E-state index contributed by atoms with van der Waals surface area (Å²) in [6.45, 7) is 7.79. The van der Waals surface area contributed by atoms with Crippen LogP contribution in [-0.4, -0.2) is 9.97 Å². The van der Waals surface area contributed by atoms with Gasteiger partial charge in [0.1, 0.15) is 0 Å². The van der Waals surface area contributed by atoms with Crippen LogP contribution < -0.4 is 5.32 Å². The number of rotatable bonds is 4. The van der Waals surface area contributed by atoms with Crippen LogP contribution in [0.5, 0.6) is 0 Å². The van der Waals surface area contributed by atoms with Crippen molar-refractivity contribution in [3.8, 4) is 0 Å². The highest BCUT2D eigenvalue weighted by Crippen LogP contribution is 2.16. The van der Waals surface area contributed by atoms with Crippen molar-refractivity contribution in [2.24, 2.45) is 0 Å². The first-order valence-corrected chi connectivity index (χ1v) is 6.53. The van der Waals surface area contributed by atoms with Crippen molar-refractivity contribution in [3.63, 3.8) is 0 Å². The van der Waals surface area contributed by atoms with Gasteiger partial charge in [-0.05, 0) is 32.9 Å². The zero-order chi connectivity index (χ0) is 12.3. The molecule has 90 valence electrons. The standard InChI is InChI=1S/C13H17N3S/c1-9-5-4-6-12(15-9)7-14-8-13-10(2)16-11(3)17-13/h4-6,14H,7-8H2,1-3H3. The average Bonchev–Trinajstić information content (AvgIpc) is 2.58. The third-order valence-electron chi connectivity index (χ3n) is 2.54. The van der Waals surface area contributed by atoms with Gasteiger partial charge in [-0.15, -0.1) is 11.3 Å². The third-order valence-corrected chi connectivity index (χ3v) is 3.61. The highest BCUT2D eigenvalue weighted by atomic mass is 32.1. The fourth-order valence-electron chi connectivity index (χ4n) is 1.74. The van der Waals surface area contributed by atoms with Gasteiger partial charge in [0.05, 0.1) is 16.4 Å². The molecular formula is C13H17N3S. The molecule has 0 spiro atoms. The van der Waals surface area contributed by atoms with Gasteiger partial charge in [0.15, 0.2) is 0 Å². The summed E-state index contributed by atoms with van der Waals surface area (Å²) >= 11 is 1.76. The Bertz CT molecular complexity index is 505. The topological polar surface area (TPSA) is 37.8 Å². The second kappa shape index (κ2) is 5.38. The molecule has 2 rings (SSSR count). The predicted molar refractivity (Wildman–Crippen MR) is 71.1 cm³/mol. The largest absolute Gasteiger partial charge is 0.306 e. The van der Waals surface area contributed by atoms with E-state index in [1.807, 2.05) is 32.0 Å². The lowest BCUT2D eigenvalue weighted by atomic mass is 10.3. The van der Waals surface area contributed by atoms with Crippen LogP contribution in [-0.2, 0) is 13.1 Å². The molecule has 0 amide bonds. The summed E-state index contributed by atoms with van der Waals surface area (Å²) < 4.78 is 0. The Hall–Kier alpha value is -1.26. The Morgan fingerprint density at radius 1 is 1.12 bits per heavy atom. The molecule has 0 unspecified atom stereocenters. The van der Waals surface area contributed by atoms with Crippen molar-refractivity contribution < 1.29 is 0 Å². The molecule has 2 heterocycles. The number of hydrogen-bond acceptors (Lipinski definition) is 4. The van der Waals surface area contributed by atoms with E-state index in [9.17, 15) is 0 Å². The van der Waals surface area contributed by atoms with E-state index in [4.69, 9.17) is 0 Å². The van der Waals surface area contributed by atoms with Gasteiger partial charge < -0.3 is 5.32 Å². The van der Waals surface area contributed by atoms with Gasteiger partial charge >= 0.3 is 0 Å². The predicted octanol–water partition coefficient (Wildman–Crippen LogP) is 2.75. The maximum Gasteiger partial charge on any atom is 0.0900 e. The number of nitrogens with one attached hydrogen (secondary N) is 1. The Morgan fingerprint density at radius 2 is 1.94 bits per heavy atom. The Balaban J connectivity index is 1.89. The van der Waals surface area contributed by atoms with Crippen molar-refractivity contribution in [2.45, 2.75) is 33.9 Å². The fourth-order valence-corrected chi connectivity index (χ4v) is 2.65. The Labute approximate surface area is 106 Å². The minimum atomic E-state index is 0.804. The lowest BCUT2D eigenvalue weighted by Crippen LogP contribution is -2.13. The first-order valence-electron chi connectivity index (χ1n) is 5.71. The van der Waals surface area contributed by atoms with E-state index >= 15 is 0 Å². The lowest BCUT2D eigenvalue weighted by molar-refractivity contribution is 0.681. The molecule has 0 aromatic carbocycles. The first kappa shape index (κ1) is 12.2. The third kappa shape index (κ3) is 3.35. The fraction of sp³-hybridized carbons (Fsp3) is 0.385. The summed E-state index contributed by atoms with van der Waals surface area (Å²) in [4.78, 5) is 10.2. The molecule has 0 aliphatic heterocycles. The summed E-state index contributed by atoms with van der Waals surface area (Å²) in [6.07, 6.45) is 0. The molecule has 0 fully saturated rings. The lowest BCUT2D eigenvalue weighted by Gasteiger charge is -2.04. The van der Waals surface area contributed by atoms with E-state index in [2.05, 4.69) is 22.2 Å². The molecule has 3 nitrogen and oxygen atoms in total. The van der Waals surface area contributed by atoms with Crippen LogP contribution in [0.3, 0.4) is 0 Å². The normalized spacial score (nSPS) is 10.8. The molecule has 2 aromatic heterocycles.